The minimum Gasteiger partial charge on any atom is -0.488 e. The van der Waals surface area contributed by atoms with Crippen LogP contribution in [-0.2, 0) is 6.61 Å². The van der Waals surface area contributed by atoms with Crippen molar-refractivity contribution in [3.8, 4) is 5.75 Å². The first-order valence-electron chi connectivity index (χ1n) is 5.67. The van der Waals surface area contributed by atoms with Crippen LogP contribution in [0, 0.1) is 0 Å². The number of rotatable bonds is 4. The number of nitrogens with two attached hydrogens (primary N) is 1. The van der Waals surface area contributed by atoms with E-state index >= 15 is 0 Å². The van der Waals surface area contributed by atoms with E-state index in [1.54, 1.807) is 18.2 Å². The smallest absolute Gasteiger partial charge is 0.339 e. The van der Waals surface area contributed by atoms with Gasteiger partial charge in [-0.2, -0.15) is 0 Å². The predicted octanol–water partition coefficient (Wildman–Crippen LogP) is 3.85. The van der Waals surface area contributed by atoms with E-state index in [0.717, 1.165) is 0 Å². The Morgan fingerprint density at radius 1 is 1.20 bits per heavy atom. The number of nitrogen functional groups attached to an aromatic ring is 1. The lowest BCUT2D eigenvalue weighted by atomic mass is 10.2. The molecule has 3 N–H and O–H groups in total. The molecule has 0 aliphatic rings. The topological polar surface area (TPSA) is 72.6 Å². The molecule has 2 aromatic carbocycles. The fourth-order valence-corrected chi connectivity index (χ4v) is 2.16. The highest BCUT2D eigenvalue weighted by molar-refractivity contribution is 6.35. The number of halogens is 2. The zero-order chi connectivity index (χ0) is 14.7. The third-order valence-corrected chi connectivity index (χ3v) is 3.38. The van der Waals surface area contributed by atoms with Gasteiger partial charge in [0.05, 0.1) is 0 Å². The number of aromatic carboxylic acids is 1. The molecule has 0 aliphatic heterocycles. The zero-order valence-electron chi connectivity index (χ0n) is 10.3. The van der Waals surface area contributed by atoms with Crippen LogP contribution in [0.15, 0.2) is 36.4 Å². The second-order valence-corrected chi connectivity index (χ2v) is 4.86. The standard InChI is InChI=1S/C14H11Cl2NO3/c15-11-2-1-3-12(16)10(11)7-20-13-6-8(17)4-5-9(13)14(18)19/h1-6H,7,17H2,(H,18,19). The van der Waals surface area contributed by atoms with Gasteiger partial charge in [-0.15, -0.1) is 0 Å². The number of carboxylic acid groups (broad SMARTS) is 1. The van der Waals surface area contributed by atoms with E-state index in [9.17, 15) is 4.79 Å². The second kappa shape index (κ2) is 6.03. The van der Waals surface area contributed by atoms with E-state index < -0.39 is 5.97 Å². The normalized spacial score (nSPS) is 10.3. The van der Waals surface area contributed by atoms with Gasteiger partial charge in [0.25, 0.3) is 0 Å². The predicted molar refractivity (Wildman–Crippen MR) is 78.6 cm³/mol. The maximum Gasteiger partial charge on any atom is 0.339 e. The van der Waals surface area contributed by atoms with Gasteiger partial charge in [0.15, 0.2) is 0 Å². The van der Waals surface area contributed by atoms with E-state index in [1.807, 2.05) is 0 Å². The van der Waals surface area contributed by atoms with Crippen LogP contribution in [0.1, 0.15) is 15.9 Å². The maximum absolute atomic E-state index is 11.1. The Morgan fingerprint density at radius 2 is 1.85 bits per heavy atom. The van der Waals surface area contributed by atoms with Crippen molar-refractivity contribution in [1.82, 2.24) is 0 Å². The van der Waals surface area contributed by atoms with Crippen LogP contribution in [0.2, 0.25) is 10.0 Å². The summed E-state index contributed by atoms with van der Waals surface area (Å²) in [4.78, 5) is 11.1. The molecule has 0 bridgehead atoms. The summed E-state index contributed by atoms with van der Waals surface area (Å²) in [5.74, 6) is -0.918. The number of hydrogen-bond donors (Lipinski definition) is 2. The average molecular weight is 312 g/mol. The van der Waals surface area contributed by atoms with Crippen LogP contribution in [0.25, 0.3) is 0 Å². The van der Waals surface area contributed by atoms with Crippen LogP contribution in [0.3, 0.4) is 0 Å². The highest BCUT2D eigenvalue weighted by atomic mass is 35.5. The lowest BCUT2D eigenvalue weighted by molar-refractivity contribution is 0.0692. The first kappa shape index (κ1) is 14.5. The highest BCUT2D eigenvalue weighted by Gasteiger charge is 2.13. The molecule has 0 saturated carbocycles. The summed E-state index contributed by atoms with van der Waals surface area (Å²) in [6, 6.07) is 9.43. The summed E-state index contributed by atoms with van der Waals surface area (Å²) in [6.07, 6.45) is 0. The van der Waals surface area contributed by atoms with E-state index in [0.29, 0.717) is 21.3 Å². The van der Waals surface area contributed by atoms with Crippen molar-refractivity contribution in [2.24, 2.45) is 0 Å². The Bertz CT molecular complexity index is 639. The monoisotopic (exact) mass is 311 g/mol. The first-order valence-corrected chi connectivity index (χ1v) is 6.43. The Balaban J connectivity index is 2.27. The molecule has 20 heavy (non-hydrogen) atoms. The van der Waals surface area contributed by atoms with E-state index in [-0.39, 0.29) is 17.9 Å². The number of carboxylic acids is 1. The van der Waals surface area contributed by atoms with Gasteiger partial charge < -0.3 is 15.6 Å². The van der Waals surface area contributed by atoms with Crippen LogP contribution < -0.4 is 10.5 Å². The third-order valence-electron chi connectivity index (χ3n) is 2.67. The van der Waals surface area contributed by atoms with Crippen LogP contribution in [0.4, 0.5) is 5.69 Å². The third kappa shape index (κ3) is 3.15. The van der Waals surface area contributed by atoms with Crippen molar-refractivity contribution in [1.29, 1.82) is 0 Å². The molecule has 0 unspecified atom stereocenters. The van der Waals surface area contributed by atoms with E-state index in [4.69, 9.17) is 38.8 Å². The molecular formula is C14H11Cl2NO3. The second-order valence-electron chi connectivity index (χ2n) is 4.05. The molecule has 0 aromatic heterocycles. The number of carbonyl (C=O) groups is 1. The van der Waals surface area contributed by atoms with Crippen LogP contribution >= 0.6 is 23.2 Å². The summed E-state index contributed by atoms with van der Waals surface area (Å²) in [5.41, 5.74) is 6.67. The van der Waals surface area contributed by atoms with Gasteiger partial charge in [-0.25, -0.2) is 4.79 Å². The molecule has 2 rings (SSSR count). The SMILES string of the molecule is Nc1ccc(C(=O)O)c(OCc2c(Cl)cccc2Cl)c1. The Kier molecular flexibility index (Phi) is 4.37. The molecule has 0 fully saturated rings. The van der Waals surface area contributed by atoms with Crippen molar-refractivity contribution >= 4 is 34.9 Å². The largest absolute Gasteiger partial charge is 0.488 e. The van der Waals surface area contributed by atoms with Gasteiger partial charge >= 0.3 is 5.97 Å². The molecule has 0 atom stereocenters. The van der Waals surface area contributed by atoms with E-state index in [2.05, 4.69) is 0 Å². The molecule has 0 heterocycles. The molecule has 4 nitrogen and oxygen atoms in total. The summed E-state index contributed by atoms with van der Waals surface area (Å²) in [6.45, 7) is 0.0578. The summed E-state index contributed by atoms with van der Waals surface area (Å²) in [5, 5.41) is 10.0. The lowest BCUT2D eigenvalue weighted by Crippen LogP contribution is -2.05. The number of anilines is 1. The van der Waals surface area contributed by atoms with Crippen molar-refractivity contribution in [2.75, 3.05) is 5.73 Å². The minimum atomic E-state index is -1.09. The molecular weight excluding hydrogens is 301 g/mol. The number of benzene rings is 2. The molecule has 0 amide bonds. The van der Waals surface area contributed by atoms with Crippen molar-refractivity contribution in [3.63, 3.8) is 0 Å². The number of ether oxygens (including phenoxy) is 1. The lowest BCUT2D eigenvalue weighted by Gasteiger charge is -2.12. The van der Waals surface area contributed by atoms with E-state index in [1.165, 1.54) is 18.2 Å². The summed E-state index contributed by atoms with van der Waals surface area (Å²) >= 11 is 12.0. The molecule has 0 spiro atoms. The molecule has 0 aliphatic carbocycles. The highest BCUT2D eigenvalue weighted by Crippen LogP contribution is 2.28. The first-order chi connectivity index (χ1) is 9.49. The summed E-state index contributed by atoms with van der Waals surface area (Å²) < 4.78 is 5.50. The van der Waals surface area contributed by atoms with Gasteiger partial charge in [-0.05, 0) is 24.3 Å². The van der Waals surface area contributed by atoms with Gasteiger partial charge in [0.1, 0.15) is 17.9 Å². The van der Waals surface area contributed by atoms with Crippen LogP contribution in [-0.4, -0.2) is 11.1 Å². The van der Waals surface area contributed by atoms with Gasteiger partial charge in [0.2, 0.25) is 0 Å². The molecule has 6 heteroatoms. The molecule has 0 saturated heterocycles. The fraction of sp³-hybridized carbons (Fsp3) is 0.0714. The molecule has 104 valence electrons. The van der Waals surface area contributed by atoms with Gasteiger partial charge in [-0.1, -0.05) is 29.3 Å². The molecule has 2 aromatic rings. The maximum atomic E-state index is 11.1. The Morgan fingerprint density at radius 3 is 2.45 bits per heavy atom. The minimum absolute atomic E-state index is 0.0300. The van der Waals surface area contributed by atoms with Crippen molar-refractivity contribution in [2.45, 2.75) is 6.61 Å². The van der Waals surface area contributed by atoms with Gasteiger partial charge in [-0.3, -0.25) is 0 Å². The zero-order valence-corrected chi connectivity index (χ0v) is 11.8. The fourth-order valence-electron chi connectivity index (χ4n) is 1.66. The number of hydrogen-bond acceptors (Lipinski definition) is 3. The van der Waals surface area contributed by atoms with Gasteiger partial charge in [0, 0.05) is 27.4 Å². The average Bonchev–Trinajstić information content (AvgIpc) is 2.37. The van der Waals surface area contributed by atoms with Crippen molar-refractivity contribution < 1.29 is 14.6 Å². The van der Waals surface area contributed by atoms with Crippen molar-refractivity contribution in [3.05, 3.63) is 57.6 Å². The van der Waals surface area contributed by atoms with Crippen LogP contribution in [0.5, 0.6) is 5.75 Å². The molecule has 0 radical (unpaired) electrons. The quantitative estimate of drug-likeness (QED) is 0.841. The Hall–Kier alpha value is -1.91. The Labute approximate surface area is 125 Å². The summed E-state index contributed by atoms with van der Waals surface area (Å²) in [7, 11) is 0.